The van der Waals surface area contributed by atoms with Gasteiger partial charge in [0.25, 0.3) is 5.88 Å². The Morgan fingerprint density at radius 1 is 0.757 bits per heavy atom. The van der Waals surface area contributed by atoms with Crippen molar-refractivity contribution in [2.45, 2.75) is 39.5 Å². The molecule has 3 aromatic carbocycles. The van der Waals surface area contributed by atoms with E-state index in [0.29, 0.717) is 13.1 Å². The average Bonchev–Trinajstić information content (AvgIpc) is 2.95. The molecule has 0 unspecified atom stereocenters. The standard InChI is InChI=1S/C29H30N4O4/c34-28-27(37-21-24-11-5-2-6-12-24)30-33(18-17-31-16-15-25-13-7-8-14-26(25)19-31)29(35)32(28)22-36-20-23-9-3-1-4-10-23/h1-14H,15-22H2. The normalized spacial score (nSPS) is 13.3. The number of fused-ring (bicyclic) bond motifs is 1. The zero-order chi connectivity index (χ0) is 25.5. The van der Waals surface area contributed by atoms with Gasteiger partial charge in [-0.3, -0.25) is 9.69 Å². The first kappa shape index (κ1) is 24.7. The van der Waals surface area contributed by atoms with Crippen LogP contribution in [0.3, 0.4) is 0 Å². The van der Waals surface area contributed by atoms with Gasteiger partial charge < -0.3 is 9.47 Å². The zero-order valence-corrected chi connectivity index (χ0v) is 20.7. The molecule has 4 aromatic rings. The van der Waals surface area contributed by atoms with E-state index in [0.717, 1.165) is 35.2 Å². The first-order valence-corrected chi connectivity index (χ1v) is 12.5. The van der Waals surface area contributed by atoms with Crippen LogP contribution < -0.4 is 16.0 Å². The zero-order valence-electron chi connectivity index (χ0n) is 20.7. The van der Waals surface area contributed by atoms with Gasteiger partial charge in [-0.25, -0.2) is 14.0 Å². The minimum Gasteiger partial charge on any atom is -0.468 e. The molecule has 190 valence electrons. The molecular formula is C29H30N4O4. The van der Waals surface area contributed by atoms with E-state index >= 15 is 0 Å². The Morgan fingerprint density at radius 2 is 1.41 bits per heavy atom. The summed E-state index contributed by atoms with van der Waals surface area (Å²) < 4.78 is 13.9. The summed E-state index contributed by atoms with van der Waals surface area (Å²) in [5.74, 6) is -0.115. The van der Waals surface area contributed by atoms with E-state index < -0.39 is 11.2 Å². The van der Waals surface area contributed by atoms with E-state index in [1.165, 1.54) is 15.8 Å². The highest BCUT2D eigenvalue weighted by Crippen LogP contribution is 2.18. The van der Waals surface area contributed by atoms with Crippen molar-refractivity contribution in [3.63, 3.8) is 0 Å². The number of hydrogen-bond acceptors (Lipinski definition) is 6. The molecule has 0 amide bonds. The average molecular weight is 499 g/mol. The maximum atomic E-state index is 13.2. The van der Waals surface area contributed by atoms with Crippen LogP contribution in [-0.2, 0) is 44.2 Å². The molecule has 37 heavy (non-hydrogen) atoms. The molecule has 1 aliphatic heterocycles. The summed E-state index contributed by atoms with van der Waals surface area (Å²) in [6.07, 6.45) is 0.969. The third-order valence-corrected chi connectivity index (χ3v) is 6.48. The summed E-state index contributed by atoms with van der Waals surface area (Å²) in [6, 6.07) is 27.6. The summed E-state index contributed by atoms with van der Waals surface area (Å²) in [6.45, 7) is 2.96. The van der Waals surface area contributed by atoms with Crippen LogP contribution in [0.15, 0.2) is 94.5 Å². The van der Waals surface area contributed by atoms with Crippen molar-refractivity contribution in [1.82, 2.24) is 19.2 Å². The second kappa shape index (κ2) is 11.8. The van der Waals surface area contributed by atoms with Crippen molar-refractivity contribution in [1.29, 1.82) is 0 Å². The van der Waals surface area contributed by atoms with Crippen molar-refractivity contribution < 1.29 is 9.47 Å². The van der Waals surface area contributed by atoms with Gasteiger partial charge in [0.05, 0.1) is 13.2 Å². The van der Waals surface area contributed by atoms with E-state index in [1.807, 2.05) is 60.7 Å². The van der Waals surface area contributed by atoms with Crippen LogP contribution in [0.1, 0.15) is 22.3 Å². The number of ether oxygens (including phenoxy) is 2. The molecule has 0 saturated carbocycles. The number of hydrogen-bond donors (Lipinski definition) is 0. The molecule has 0 N–H and O–H groups in total. The molecule has 8 heteroatoms. The Balaban J connectivity index is 1.33. The summed E-state index contributed by atoms with van der Waals surface area (Å²) >= 11 is 0. The summed E-state index contributed by atoms with van der Waals surface area (Å²) in [7, 11) is 0. The lowest BCUT2D eigenvalue weighted by Gasteiger charge is -2.28. The molecule has 1 aromatic heterocycles. The van der Waals surface area contributed by atoms with Crippen molar-refractivity contribution in [2.24, 2.45) is 0 Å². The van der Waals surface area contributed by atoms with Gasteiger partial charge >= 0.3 is 11.2 Å². The molecule has 0 atom stereocenters. The van der Waals surface area contributed by atoms with Crippen LogP contribution in [0.25, 0.3) is 0 Å². The molecule has 0 fully saturated rings. The fourth-order valence-corrected chi connectivity index (χ4v) is 4.42. The summed E-state index contributed by atoms with van der Waals surface area (Å²) in [5.41, 5.74) is 3.42. The van der Waals surface area contributed by atoms with Crippen molar-refractivity contribution in [3.8, 4) is 5.88 Å². The second-order valence-corrected chi connectivity index (χ2v) is 9.08. The van der Waals surface area contributed by atoms with Gasteiger partial charge in [0.2, 0.25) is 0 Å². The van der Waals surface area contributed by atoms with E-state index in [2.05, 4.69) is 34.3 Å². The van der Waals surface area contributed by atoms with Crippen LogP contribution in [0.2, 0.25) is 0 Å². The van der Waals surface area contributed by atoms with E-state index in [1.54, 1.807) is 0 Å². The number of nitrogens with zero attached hydrogens (tertiary/aromatic N) is 4. The van der Waals surface area contributed by atoms with E-state index in [4.69, 9.17) is 9.47 Å². The van der Waals surface area contributed by atoms with Crippen LogP contribution in [0.4, 0.5) is 0 Å². The minimum atomic E-state index is -0.600. The molecular weight excluding hydrogens is 468 g/mol. The highest BCUT2D eigenvalue weighted by molar-refractivity contribution is 5.29. The molecule has 0 aliphatic carbocycles. The quantitative estimate of drug-likeness (QED) is 0.334. The molecule has 0 radical (unpaired) electrons. The Labute approximate surface area is 215 Å². The van der Waals surface area contributed by atoms with Crippen molar-refractivity contribution in [2.75, 3.05) is 13.1 Å². The highest BCUT2D eigenvalue weighted by Gasteiger charge is 2.18. The predicted molar refractivity (Wildman–Crippen MR) is 140 cm³/mol. The lowest BCUT2D eigenvalue weighted by atomic mass is 10.00. The van der Waals surface area contributed by atoms with Crippen LogP contribution >= 0.6 is 0 Å². The van der Waals surface area contributed by atoms with E-state index in [9.17, 15) is 9.59 Å². The molecule has 5 rings (SSSR count). The molecule has 0 spiro atoms. The molecule has 0 bridgehead atoms. The van der Waals surface area contributed by atoms with Gasteiger partial charge in [-0.15, -0.1) is 5.10 Å². The van der Waals surface area contributed by atoms with Gasteiger partial charge in [-0.2, -0.15) is 0 Å². The van der Waals surface area contributed by atoms with Gasteiger partial charge in [0.1, 0.15) is 13.3 Å². The highest BCUT2D eigenvalue weighted by atomic mass is 16.5. The topological polar surface area (TPSA) is 78.6 Å². The van der Waals surface area contributed by atoms with Crippen molar-refractivity contribution >= 4 is 0 Å². The largest absolute Gasteiger partial charge is 0.468 e. The van der Waals surface area contributed by atoms with Crippen LogP contribution in [0.5, 0.6) is 5.88 Å². The van der Waals surface area contributed by atoms with Crippen LogP contribution in [-0.4, -0.2) is 32.3 Å². The van der Waals surface area contributed by atoms with Crippen LogP contribution in [0, 0.1) is 0 Å². The first-order valence-electron chi connectivity index (χ1n) is 12.5. The summed E-state index contributed by atoms with van der Waals surface area (Å²) in [4.78, 5) is 28.7. The Kier molecular flexibility index (Phi) is 7.88. The van der Waals surface area contributed by atoms with Gasteiger partial charge in [-0.1, -0.05) is 84.9 Å². The second-order valence-electron chi connectivity index (χ2n) is 9.08. The SMILES string of the molecule is O=c1c(OCc2ccccc2)nn(CCN2CCc3ccccc3C2)c(=O)n1COCc1ccccc1. The monoisotopic (exact) mass is 498 g/mol. The predicted octanol–water partition coefficient (Wildman–Crippen LogP) is 3.22. The maximum absolute atomic E-state index is 13.2. The first-order chi connectivity index (χ1) is 18.2. The maximum Gasteiger partial charge on any atom is 0.349 e. The fraction of sp³-hybridized carbons (Fsp3) is 0.276. The lowest BCUT2D eigenvalue weighted by Crippen LogP contribution is -2.44. The third-order valence-electron chi connectivity index (χ3n) is 6.48. The number of benzene rings is 3. The Hall–Kier alpha value is -4.01. The van der Waals surface area contributed by atoms with Crippen molar-refractivity contribution in [3.05, 3.63) is 128 Å². The number of rotatable bonds is 10. The van der Waals surface area contributed by atoms with Gasteiger partial charge in [0, 0.05) is 19.6 Å². The minimum absolute atomic E-state index is 0.115. The molecule has 1 aliphatic rings. The lowest BCUT2D eigenvalue weighted by molar-refractivity contribution is 0.0554. The third kappa shape index (κ3) is 6.22. The fourth-order valence-electron chi connectivity index (χ4n) is 4.42. The molecule has 2 heterocycles. The van der Waals surface area contributed by atoms with Gasteiger partial charge in [0.15, 0.2) is 0 Å². The Morgan fingerprint density at radius 3 is 2.14 bits per heavy atom. The Bertz CT molecular complexity index is 1430. The van der Waals surface area contributed by atoms with Gasteiger partial charge in [-0.05, 0) is 28.7 Å². The molecule has 0 saturated heterocycles. The smallest absolute Gasteiger partial charge is 0.349 e. The van der Waals surface area contributed by atoms with E-state index in [-0.39, 0.29) is 25.8 Å². The molecule has 8 nitrogen and oxygen atoms in total. The summed E-state index contributed by atoms with van der Waals surface area (Å²) in [5, 5.41) is 4.31. The number of aromatic nitrogens is 3.